The lowest BCUT2D eigenvalue weighted by molar-refractivity contribution is -0.384. The highest BCUT2D eigenvalue weighted by molar-refractivity contribution is 5.91. The first-order valence-corrected chi connectivity index (χ1v) is 7.86. The Balaban J connectivity index is 2.20. The van der Waals surface area contributed by atoms with Crippen molar-refractivity contribution in [1.82, 2.24) is 0 Å². The van der Waals surface area contributed by atoms with Gasteiger partial charge in [-0.05, 0) is 30.9 Å². The first kappa shape index (κ1) is 17.0. The van der Waals surface area contributed by atoms with Crippen LogP contribution in [0.3, 0.4) is 0 Å². The fraction of sp³-hybridized carbons (Fsp3) is 0.471. The van der Waals surface area contributed by atoms with Crippen molar-refractivity contribution in [1.29, 1.82) is 0 Å². The maximum atomic E-state index is 11.8. The second kappa shape index (κ2) is 7.76. The summed E-state index contributed by atoms with van der Waals surface area (Å²) >= 11 is 0. The minimum absolute atomic E-state index is 0.0756. The maximum Gasteiger partial charge on any atom is 0.338 e. The zero-order valence-electron chi connectivity index (χ0n) is 13.3. The van der Waals surface area contributed by atoms with Crippen LogP contribution in [0.1, 0.15) is 43.0 Å². The molecule has 0 heterocycles. The molecule has 124 valence electrons. The molecular formula is C17H22N2O4. The van der Waals surface area contributed by atoms with Gasteiger partial charge in [-0.25, -0.2) is 4.79 Å². The molecule has 1 aliphatic carbocycles. The molecule has 0 aromatic heterocycles. The molecule has 1 aliphatic rings. The van der Waals surface area contributed by atoms with Crippen molar-refractivity contribution >= 4 is 17.3 Å². The minimum Gasteiger partial charge on any atom is -0.458 e. The third-order valence-electron chi connectivity index (χ3n) is 4.21. The van der Waals surface area contributed by atoms with Gasteiger partial charge in [-0.15, -0.1) is 0 Å². The van der Waals surface area contributed by atoms with Crippen LogP contribution < -0.4 is 5.32 Å². The zero-order valence-corrected chi connectivity index (χ0v) is 13.3. The Morgan fingerprint density at radius 1 is 1.48 bits per heavy atom. The molecule has 1 saturated carbocycles. The van der Waals surface area contributed by atoms with E-state index in [-0.39, 0.29) is 23.9 Å². The van der Waals surface area contributed by atoms with Gasteiger partial charge in [-0.1, -0.05) is 32.4 Å². The van der Waals surface area contributed by atoms with E-state index in [0.29, 0.717) is 11.6 Å². The lowest BCUT2D eigenvalue weighted by atomic mass is 9.86. The molecule has 0 bridgehead atoms. The van der Waals surface area contributed by atoms with Crippen LogP contribution in [0.5, 0.6) is 0 Å². The standard InChI is InChI=1S/C17H22N2O4/c1-3-10-23-17(20)13-8-9-15(16(11-13)19(21)22)18-14-7-5-4-6-12(14)2/h3,8-9,11-12,14,18H,1,4-7,10H2,2H3. The number of anilines is 1. The van der Waals surface area contributed by atoms with Gasteiger partial charge >= 0.3 is 5.97 Å². The Morgan fingerprint density at radius 2 is 2.22 bits per heavy atom. The van der Waals surface area contributed by atoms with Crippen LogP contribution in [0.15, 0.2) is 30.9 Å². The van der Waals surface area contributed by atoms with Crippen molar-refractivity contribution in [2.45, 2.75) is 38.6 Å². The molecule has 2 atom stereocenters. The number of nitro groups is 1. The summed E-state index contributed by atoms with van der Waals surface area (Å²) in [4.78, 5) is 22.7. The summed E-state index contributed by atoms with van der Waals surface area (Å²) in [7, 11) is 0. The second-order valence-corrected chi connectivity index (χ2v) is 5.89. The highest BCUT2D eigenvalue weighted by atomic mass is 16.6. The van der Waals surface area contributed by atoms with Crippen LogP contribution in [0.25, 0.3) is 0 Å². The average Bonchev–Trinajstić information content (AvgIpc) is 2.54. The number of benzene rings is 1. The van der Waals surface area contributed by atoms with E-state index in [2.05, 4.69) is 18.8 Å². The highest BCUT2D eigenvalue weighted by Crippen LogP contribution is 2.31. The van der Waals surface area contributed by atoms with E-state index in [4.69, 9.17) is 4.74 Å². The number of hydrogen-bond acceptors (Lipinski definition) is 5. The predicted octanol–water partition coefficient (Wildman–Crippen LogP) is 3.93. The lowest BCUT2D eigenvalue weighted by Gasteiger charge is -2.30. The SMILES string of the molecule is C=CCOC(=O)c1ccc(NC2CCCCC2C)c([N+](=O)[O-])c1. The average molecular weight is 318 g/mol. The van der Waals surface area contributed by atoms with Crippen molar-refractivity contribution in [2.24, 2.45) is 5.92 Å². The second-order valence-electron chi connectivity index (χ2n) is 5.89. The summed E-state index contributed by atoms with van der Waals surface area (Å²) in [6.45, 7) is 5.69. The van der Waals surface area contributed by atoms with Gasteiger partial charge in [0.1, 0.15) is 12.3 Å². The van der Waals surface area contributed by atoms with E-state index < -0.39 is 10.9 Å². The Labute approximate surface area is 135 Å². The Bertz CT molecular complexity index is 600. The number of carbonyl (C=O) groups excluding carboxylic acids is 1. The van der Waals surface area contributed by atoms with Crippen molar-refractivity contribution in [3.63, 3.8) is 0 Å². The Morgan fingerprint density at radius 3 is 2.87 bits per heavy atom. The van der Waals surface area contributed by atoms with Crippen LogP contribution >= 0.6 is 0 Å². The van der Waals surface area contributed by atoms with Gasteiger partial charge in [0.2, 0.25) is 0 Å². The number of hydrogen-bond donors (Lipinski definition) is 1. The summed E-state index contributed by atoms with van der Waals surface area (Å²) < 4.78 is 4.92. The quantitative estimate of drug-likeness (QED) is 0.372. The molecule has 1 N–H and O–H groups in total. The van der Waals surface area contributed by atoms with Crippen molar-refractivity contribution < 1.29 is 14.5 Å². The number of esters is 1. The van der Waals surface area contributed by atoms with Crippen LogP contribution in [-0.4, -0.2) is 23.5 Å². The van der Waals surface area contributed by atoms with Crippen LogP contribution in [0.2, 0.25) is 0 Å². The van der Waals surface area contributed by atoms with Crippen LogP contribution in [0.4, 0.5) is 11.4 Å². The monoisotopic (exact) mass is 318 g/mol. The predicted molar refractivity (Wildman–Crippen MR) is 88.6 cm³/mol. The van der Waals surface area contributed by atoms with Gasteiger partial charge < -0.3 is 10.1 Å². The number of nitro benzene ring substituents is 1. The van der Waals surface area contributed by atoms with Gasteiger partial charge in [0.15, 0.2) is 0 Å². The van der Waals surface area contributed by atoms with E-state index in [1.807, 2.05) is 0 Å². The molecule has 0 spiro atoms. The van der Waals surface area contributed by atoms with Crippen molar-refractivity contribution in [3.05, 3.63) is 46.5 Å². The fourth-order valence-electron chi connectivity index (χ4n) is 2.88. The van der Waals surface area contributed by atoms with E-state index in [1.54, 1.807) is 12.1 Å². The van der Waals surface area contributed by atoms with Crippen LogP contribution in [0, 0.1) is 16.0 Å². The Hall–Kier alpha value is -2.37. The molecule has 1 aromatic carbocycles. The summed E-state index contributed by atoms with van der Waals surface area (Å²) in [5, 5.41) is 14.6. The van der Waals surface area contributed by atoms with E-state index in [0.717, 1.165) is 19.3 Å². The first-order valence-electron chi connectivity index (χ1n) is 7.86. The maximum absolute atomic E-state index is 11.8. The lowest BCUT2D eigenvalue weighted by Crippen LogP contribution is -2.30. The summed E-state index contributed by atoms with van der Waals surface area (Å²) in [6, 6.07) is 4.63. The topological polar surface area (TPSA) is 81.5 Å². The van der Waals surface area contributed by atoms with E-state index in [1.165, 1.54) is 18.6 Å². The molecule has 0 aliphatic heterocycles. The van der Waals surface area contributed by atoms with Crippen molar-refractivity contribution in [2.75, 3.05) is 11.9 Å². The molecule has 2 unspecified atom stereocenters. The van der Waals surface area contributed by atoms with E-state index in [9.17, 15) is 14.9 Å². The molecule has 2 rings (SSSR count). The summed E-state index contributed by atoms with van der Waals surface area (Å²) in [6.07, 6.45) is 5.91. The van der Waals surface area contributed by atoms with Gasteiger partial charge in [0, 0.05) is 12.1 Å². The Kier molecular flexibility index (Phi) is 5.73. The van der Waals surface area contributed by atoms with Gasteiger partial charge in [-0.2, -0.15) is 0 Å². The van der Waals surface area contributed by atoms with Gasteiger partial charge in [-0.3, -0.25) is 10.1 Å². The first-order chi connectivity index (χ1) is 11.0. The van der Waals surface area contributed by atoms with Crippen molar-refractivity contribution in [3.8, 4) is 0 Å². The smallest absolute Gasteiger partial charge is 0.338 e. The summed E-state index contributed by atoms with van der Waals surface area (Å²) in [5.41, 5.74) is 0.519. The molecule has 0 amide bonds. The number of nitrogens with zero attached hydrogens (tertiary/aromatic N) is 1. The minimum atomic E-state index is -0.592. The molecule has 23 heavy (non-hydrogen) atoms. The molecule has 1 fully saturated rings. The summed E-state index contributed by atoms with van der Waals surface area (Å²) in [5.74, 6) is -0.119. The third kappa shape index (κ3) is 4.31. The van der Waals surface area contributed by atoms with Gasteiger partial charge in [0.05, 0.1) is 10.5 Å². The fourth-order valence-corrected chi connectivity index (χ4v) is 2.88. The third-order valence-corrected chi connectivity index (χ3v) is 4.21. The van der Waals surface area contributed by atoms with Crippen LogP contribution in [-0.2, 0) is 4.74 Å². The molecule has 0 radical (unpaired) electrons. The highest BCUT2D eigenvalue weighted by Gasteiger charge is 2.25. The number of carbonyl (C=O) groups is 1. The van der Waals surface area contributed by atoms with Gasteiger partial charge in [0.25, 0.3) is 5.69 Å². The molecule has 6 nitrogen and oxygen atoms in total. The number of nitrogens with one attached hydrogen (secondary N) is 1. The number of rotatable bonds is 6. The van der Waals surface area contributed by atoms with E-state index >= 15 is 0 Å². The molecule has 0 saturated heterocycles. The largest absolute Gasteiger partial charge is 0.458 e. The molecule has 1 aromatic rings. The number of ether oxygens (including phenoxy) is 1. The zero-order chi connectivity index (χ0) is 16.8. The normalized spacial score (nSPS) is 20.6. The molecular weight excluding hydrogens is 296 g/mol. The molecule has 6 heteroatoms.